The molecular weight excluding hydrogens is 270 g/mol. The van der Waals surface area contributed by atoms with Gasteiger partial charge < -0.3 is 10.7 Å². The van der Waals surface area contributed by atoms with Gasteiger partial charge in [0.1, 0.15) is 4.83 Å². The molecule has 0 radical (unpaired) electrons. The van der Waals surface area contributed by atoms with Gasteiger partial charge in [0, 0.05) is 24.5 Å². The maximum Gasteiger partial charge on any atom is 0.226 e. The van der Waals surface area contributed by atoms with Crippen molar-refractivity contribution < 1.29 is 0 Å². The van der Waals surface area contributed by atoms with Crippen LogP contribution in [0.2, 0.25) is 0 Å². The molecule has 1 fully saturated rings. The molecule has 20 heavy (non-hydrogen) atoms. The minimum atomic E-state index is 0.710. The van der Waals surface area contributed by atoms with Crippen molar-refractivity contribution in [1.82, 2.24) is 15.0 Å². The molecule has 3 heterocycles. The number of aryl methyl sites for hydroxylation is 1. The molecule has 2 N–H and O–H groups in total. The first-order valence-corrected chi connectivity index (χ1v) is 8.11. The molecule has 0 atom stereocenters. The molecule has 5 nitrogen and oxygen atoms in total. The normalized spacial score (nSPS) is 16.5. The van der Waals surface area contributed by atoms with Gasteiger partial charge in [-0.05, 0) is 32.8 Å². The molecule has 2 aromatic heterocycles. The second-order valence-corrected chi connectivity index (χ2v) is 6.40. The Hall–Kier alpha value is -1.40. The molecule has 1 aliphatic rings. The largest absolute Gasteiger partial charge is 0.354 e. The van der Waals surface area contributed by atoms with Gasteiger partial charge in [0.2, 0.25) is 5.95 Å². The first-order chi connectivity index (χ1) is 9.76. The summed E-state index contributed by atoms with van der Waals surface area (Å²) in [6, 6.07) is 2.17. The van der Waals surface area contributed by atoms with Gasteiger partial charge in [-0.3, -0.25) is 0 Å². The molecule has 0 saturated carbocycles. The van der Waals surface area contributed by atoms with Crippen LogP contribution >= 0.6 is 11.3 Å². The Labute approximate surface area is 123 Å². The summed E-state index contributed by atoms with van der Waals surface area (Å²) in [5.41, 5.74) is 3.48. The van der Waals surface area contributed by atoms with Gasteiger partial charge in [-0.15, -0.1) is 11.3 Å². The fraction of sp³-hybridized carbons (Fsp3) is 0.571. The zero-order valence-electron chi connectivity index (χ0n) is 12.1. The average molecular weight is 291 g/mol. The SMILES string of the molecule is CCNc1nc(NN2CCCCC2)c2cc(C)sc2n1. The first kappa shape index (κ1) is 13.6. The zero-order valence-corrected chi connectivity index (χ0v) is 12.9. The second kappa shape index (κ2) is 5.93. The fourth-order valence-electron chi connectivity index (χ4n) is 2.52. The number of piperidine rings is 1. The molecule has 0 bridgehead atoms. The summed E-state index contributed by atoms with van der Waals surface area (Å²) in [7, 11) is 0. The lowest BCUT2D eigenvalue weighted by Gasteiger charge is -2.27. The minimum absolute atomic E-state index is 0.710. The van der Waals surface area contributed by atoms with Crippen LogP contribution in [0.1, 0.15) is 31.1 Å². The Balaban J connectivity index is 1.93. The van der Waals surface area contributed by atoms with Crippen LogP contribution in [0.15, 0.2) is 6.07 Å². The summed E-state index contributed by atoms with van der Waals surface area (Å²) in [6.45, 7) is 7.18. The third-order valence-corrected chi connectivity index (χ3v) is 4.42. The van der Waals surface area contributed by atoms with Crippen LogP contribution in [0.4, 0.5) is 11.8 Å². The van der Waals surface area contributed by atoms with E-state index in [-0.39, 0.29) is 0 Å². The third-order valence-electron chi connectivity index (χ3n) is 3.47. The molecule has 0 unspecified atom stereocenters. The van der Waals surface area contributed by atoms with Crippen LogP contribution in [0, 0.1) is 6.92 Å². The average Bonchev–Trinajstić information content (AvgIpc) is 2.81. The van der Waals surface area contributed by atoms with E-state index in [1.807, 2.05) is 0 Å². The van der Waals surface area contributed by atoms with Crippen molar-refractivity contribution in [3.05, 3.63) is 10.9 Å². The van der Waals surface area contributed by atoms with Crippen molar-refractivity contribution >= 4 is 33.3 Å². The predicted molar refractivity (Wildman–Crippen MR) is 85.4 cm³/mol. The fourth-order valence-corrected chi connectivity index (χ4v) is 3.40. The van der Waals surface area contributed by atoms with Crippen molar-refractivity contribution in [1.29, 1.82) is 0 Å². The Morgan fingerprint density at radius 3 is 2.80 bits per heavy atom. The summed E-state index contributed by atoms with van der Waals surface area (Å²) in [5.74, 6) is 1.64. The number of hydrogen-bond donors (Lipinski definition) is 2. The van der Waals surface area contributed by atoms with E-state index in [1.54, 1.807) is 11.3 Å². The molecule has 1 aliphatic heterocycles. The van der Waals surface area contributed by atoms with Crippen LogP contribution in [0.5, 0.6) is 0 Å². The number of fused-ring (bicyclic) bond motifs is 1. The van der Waals surface area contributed by atoms with E-state index in [4.69, 9.17) is 0 Å². The third kappa shape index (κ3) is 2.86. The lowest BCUT2D eigenvalue weighted by Crippen LogP contribution is -2.35. The molecular formula is C14H21N5S. The molecule has 1 saturated heterocycles. The summed E-state index contributed by atoms with van der Waals surface area (Å²) in [5, 5.41) is 6.61. The van der Waals surface area contributed by atoms with Crippen LogP contribution in [0.3, 0.4) is 0 Å². The van der Waals surface area contributed by atoms with Gasteiger partial charge in [0.25, 0.3) is 0 Å². The molecule has 2 aromatic rings. The Morgan fingerprint density at radius 2 is 2.05 bits per heavy atom. The number of nitrogens with one attached hydrogen (secondary N) is 2. The number of hydrazine groups is 1. The molecule has 108 valence electrons. The highest BCUT2D eigenvalue weighted by atomic mass is 32.1. The van der Waals surface area contributed by atoms with Gasteiger partial charge in [-0.1, -0.05) is 6.42 Å². The number of thiophene rings is 1. The molecule has 0 aromatic carbocycles. The molecule has 0 amide bonds. The summed E-state index contributed by atoms with van der Waals surface area (Å²) in [6.07, 6.45) is 3.84. The van der Waals surface area contributed by atoms with Crippen molar-refractivity contribution in [3.63, 3.8) is 0 Å². The van der Waals surface area contributed by atoms with E-state index in [1.165, 1.54) is 24.1 Å². The Morgan fingerprint density at radius 1 is 1.25 bits per heavy atom. The second-order valence-electron chi connectivity index (χ2n) is 5.16. The van der Waals surface area contributed by atoms with Gasteiger partial charge in [-0.25, -0.2) is 9.99 Å². The number of anilines is 2. The standard InChI is InChI=1S/C14H21N5S/c1-3-15-14-16-12(18-19-7-5-4-6-8-19)11-9-10(2)20-13(11)17-14/h9H,3-8H2,1-2H3,(H2,15,16,17,18). The van der Waals surface area contributed by atoms with E-state index in [2.05, 4.69) is 45.6 Å². The van der Waals surface area contributed by atoms with Gasteiger partial charge in [0.15, 0.2) is 5.82 Å². The highest BCUT2D eigenvalue weighted by molar-refractivity contribution is 7.18. The minimum Gasteiger partial charge on any atom is -0.354 e. The summed E-state index contributed by atoms with van der Waals surface area (Å²) < 4.78 is 0. The highest BCUT2D eigenvalue weighted by Gasteiger charge is 2.15. The van der Waals surface area contributed by atoms with Crippen LogP contribution in [-0.4, -0.2) is 34.6 Å². The molecule has 6 heteroatoms. The van der Waals surface area contributed by atoms with Crippen molar-refractivity contribution in [2.45, 2.75) is 33.1 Å². The lowest BCUT2D eigenvalue weighted by atomic mass is 10.2. The van der Waals surface area contributed by atoms with Gasteiger partial charge >= 0.3 is 0 Å². The number of aromatic nitrogens is 2. The predicted octanol–water partition coefficient (Wildman–Crippen LogP) is 3.24. The quantitative estimate of drug-likeness (QED) is 0.905. The maximum atomic E-state index is 4.63. The lowest BCUT2D eigenvalue weighted by molar-refractivity contribution is 0.272. The van der Waals surface area contributed by atoms with Crippen LogP contribution in [-0.2, 0) is 0 Å². The van der Waals surface area contributed by atoms with Gasteiger partial charge in [-0.2, -0.15) is 4.98 Å². The Bertz CT molecular complexity index is 589. The molecule has 0 aliphatic carbocycles. The van der Waals surface area contributed by atoms with Gasteiger partial charge in [0.05, 0.1) is 5.39 Å². The molecule has 0 spiro atoms. The smallest absolute Gasteiger partial charge is 0.226 e. The highest BCUT2D eigenvalue weighted by Crippen LogP contribution is 2.30. The summed E-state index contributed by atoms with van der Waals surface area (Å²) in [4.78, 5) is 11.5. The van der Waals surface area contributed by atoms with E-state index in [0.29, 0.717) is 5.95 Å². The molecule has 3 rings (SSSR count). The first-order valence-electron chi connectivity index (χ1n) is 7.30. The number of hydrogen-bond acceptors (Lipinski definition) is 6. The van der Waals surface area contributed by atoms with Crippen LogP contribution in [0.25, 0.3) is 10.2 Å². The van der Waals surface area contributed by atoms with E-state index >= 15 is 0 Å². The van der Waals surface area contributed by atoms with E-state index in [0.717, 1.165) is 35.7 Å². The summed E-state index contributed by atoms with van der Waals surface area (Å²) >= 11 is 1.72. The monoisotopic (exact) mass is 291 g/mol. The van der Waals surface area contributed by atoms with Crippen molar-refractivity contribution in [3.8, 4) is 0 Å². The van der Waals surface area contributed by atoms with Crippen molar-refractivity contribution in [2.24, 2.45) is 0 Å². The topological polar surface area (TPSA) is 53.1 Å². The maximum absolute atomic E-state index is 4.63. The van der Waals surface area contributed by atoms with Crippen molar-refractivity contribution in [2.75, 3.05) is 30.4 Å². The Kier molecular flexibility index (Phi) is 4.03. The number of rotatable bonds is 4. The van der Waals surface area contributed by atoms with Crippen LogP contribution < -0.4 is 10.7 Å². The zero-order chi connectivity index (χ0) is 13.9. The van der Waals surface area contributed by atoms with E-state index in [9.17, 15) is 0 Å². The van der Waals surface area contributed by atoms with E-state index < -0.39 is 0 Å². The number of nitrogens with zero attached hydrogens (tertiary/aromatic N) is 3.